The van der Waals surface area contributed by atoms with Crippen LogP contribution in [0.15, 0.2) is 47.1 Å². The number of fused-ring (bicyclic) bond motifs is 1. The molecule has 1 N–H and O–H groups in total. The number of nitrogens with zero attached hydrogens (tertiary/aromatic N) is 1. The first-order chi connectivity index (χ1) is 13.4. The second kappa shape index (κ2) is 8.08. The highest BCUT2D eigenvalue weighted by Gasteiger charge is 2.56. The first-order valence-electron chi connectivity index (χ1n) is 9.46. The van der Waals surface area contributed by atoms with Crippen molar-refractivity contribution in [2.45, 2.75) is 57.7 Å². The number of rotatable bonds is 6. The van der Waals surface area contributed by atoms with Crippen molar-refractivity contribution in [3.05, 3.63) is 58.2 Å². The van der Waals surface area contributed by atoms with Crippen LogP contribution in [0.4, 0.5) is 0 Å². The first-order valence-corrected chi connectivity index (χ1v) is 10.3. The Labute approximate surface area is 173 Å². The van der Waals surface area contributed by atoms with Crippen LogP contribution in [0.3, 0.4) is 0 Å². The predicted octanol–water partition coefficient (Wildman–Crippen LogP) is 3.57. The van der Waals surface area contributed by atoms with Crippen LogP contribution in [0.2, 0.25) is 0 Å². The molecule has 0 saturated carbocycles. The molecule has 28 heavy (non-hydrogen) atoms. The van der Waals surface area contributed by atoms with Crippen molar-refractivity contribution in [2.75, 3.05) is 6.54 Å². The average molecular weight is 449 g/mol. The molecule has 3 heterocycles. The Morgan fingerprint density at radius 2 is 2.00 bits per heavy atom. The van der Waals surface area contributed by atoms with Gasteiger partial charge in [0.1, 0.15) is 6.10 Å². The van der Waals surface area contributed by atoms with Crippen LogP contribution >= 0.6 is 15.9 Å². The maximum absolute atomic E-state index is 6.26. The smallest absolute Gasteiger partial charge is 0.228 e. The second-order valence-corrected chi connectivity index (χ2v) is 8.50. The Morgan fingerprint density at radius 1 is 1.21 bits per heavy atom. The molecular formula is C21H25BrN2O4. The molecule has 7 heteroatoms. The largest absolute Gasteiger partial charge is 0.468 e. The number of halogens is 1. The number of hydrogen-bond donors (Lipinski definition) is 1. The lowest BCUT2D eigenvalue weighted by molar-refractivity contribution is -0.212. The van der Waals surface area contributed by atoms with Crippen molar-refractivity contribution in [3.63, 3.8) is 0 Å². The molecule has 1 aromatic heterocycles. The lowest BCUT2D eigenvalue weighted by Crippen LogP contribution is -2.43. The molecule has 2 saturated heterocycles. The van der Waals surface area contributed by atoms with Gasteiger partial charge in [-0.1, -0.05) is 30.3 Å². The minimum absolute atomic E-state index is 0.218. The van der Waals surface area contributed by atoms with E-state index in [0.29, 0.717) is 12.4 Å². The zero-order valence-corrected chi connectivity index (χ0v) is 17.8. The van der Waals surface area contributed by atoms with Gasteiger partial charge < -0.3 is 24.3 Å². The van der Waals surface area contributed by atoms with Crippen LogP contribution in [0.25, 0.3) is 0 Å². The van der Waals surface area contributed by atoms with E-state index in [1.807, 2.05) is 45.0 Å². The quantitative estimate of drug-likeness (QED) is 0.728. The summed E-state index contributed by atoms with van der Waals surface area (Å²) in [4.78, 5) is 4.41. The minimum Gasteiger partial charge on any atom is -0.468 e. The van der Waals surface area contributed by atoms with Crippen LogP contribution in [0.5, 0.6) is 5.88 Å². The third-order valence-corrected chi connectivity index (χ3v) is 5.36. The van der Waals surface area contributed by atoms with Gasteiger partial charge in [0.15, 0.2) is 24.3 Å². The van der Waals surface area contributed by atoms with Crippen molar-refractivity contribution in [1.82, 2.24) is 10.3 Å². The van der Waals surface area contributed by atoms with Crippen LogP contribution in [-0.2, 0) is 20.8 Å². The monoisotopic (exact) mass is 448 g/mol. The van der Waals surface area contributed by atoms with E-state index in [9.17, 15) is 0 Å². The molecule has 0 amide bonds. The number of aromatic nitrogens is 1. The fourth-order valence-corrected chi connectivity index (χ4v) is 4.10. The molecule has 0 bridgehead atoms. The molecule has 4 atom stereocenters. The lowest BCUT2D eigenvalue weighted by Gasteiger charge is -2.26. The molecule has 4 rings (SSSR count). The summed E-state index contributed by atoms with van der Waals surface area (Å²) in [5.74, 6) is -0.168. The third kappa shape index (κ3) is 4.39. The highest BCUT2D eigenvalue weighted by atomic mass is 79.9. The zero-order chi connectivity index (χ0) is 19.7. The Hall–Kier alpha value is -1.51. The molecule has 1 aromatic carbocycles. The highest BCUT2D eigenvalue weighted by Crippen LogP contribution is 2.39. The molecule has 2 aliphatic heterocycles. The number of hydrogen-bond acceptors (Lipinski definition) is 6. The average Bonchev–Trinajstić information content (AvgIpc) is 3.10. The van der Waals surface area contributed by atoms with Crippen LogP contribution in [-0.4, -0.2) is 41.9 Å². The summed E-state index contributed by atoms with van der Waals surface area (Å²) in [5, 5.41) is 3.44. The standard InChI is InChI=1S/C21H25BrN2O4/c1-13-9-15(22)19(24-10-13)26-17-16(12-23-11-14-7-5-4-6-8-14)25-20-18(17)27-21(2,3)28-20/h4-10,16-18,20,23H,11-12H2,1-3H3/t16-,17+,18-,20-/m1/s1. The number of aryl methyl sites for hydroxylation is 1. The summed E-state index contributed by atoms with van der Waals surface area (Å²) >= 11 is 3.54. The summed E-state index contributed by atoms with van der Waals surface area (Å²) < 4.78 is 25.2. The molecule has 2 aliphatic rings. The summed E-state index contributed by atoms with van der Waals surface area (Å²) in [6, 6.07) is 12.2. The number of ether oxygens (including phenoxy) is 4. The van der Waals surface area contributed by atoms with Crippen molar-refractivity contribution in [3.8, 4) is 5.88 Å². The minimum atomic E-state index is -0.697. The molecule has 0 aliphatic carbocycles. The van der Waals surface area contributed by atoms with Gasteiger partial charge in [-0.25, -0.2) is 4.98 Å². The van der Waals surface area contributed by atoms with Crippen molar-refractivity contribution < 1.29 is 18.9 Å². The van der Waals surface area contributed by atoms with Gasteiger partial charge in [-0.15, -0.1) is 0 Å². The van der Waals surface area contributed by atoms with Gasteiger partial charge in [0, 0.05) is 19.3 Å². The van der Waals surface area contributed by atoms with E-state index in [4.69, 9.17) is 18.9 Å². The molecule has 0 spiro atoms. The number of nitrogens with one attached hydrogen (secondary N) is 1. The van der Waals surface area contributed by atoms with E-state index in [0.717, 1.165) is 16.6 Å². The molecule has 6 nitrogen and oxygen atoms in total. The van der Waals surface area contributed by atoms with E-state index in [-0.39, 0.29) is 18.3 Å². The molecule has 2 aromatic rings. The lowest BCUT2D eigenvalue weighted by atomic mass is 10.1. The van der Waals surface area contributed by atoms with E-state index < -0.39 is 12.1 Å². The Kier molecular flexibility index (Phi) is 5.71. The Balaban J connectivity index is 1.46. The normalized spacial score (nSPS) is 28.3. The molecule has 2 fully saturated rings. The van der Waals surface area contributed by atoms with Gasteiger partial charge >= 0.3 is 0 Å². The van der Waals surface area contributed by atoms with Crippen molar-refractivity contribution in [2.24, 2.45) is 0 Å². The van der Waals surface area contributed by atoms with Gasteiger partial charge in [-0.05, 0) is 53.9 Å². The van der Waals surface area contributed by atoms with Gasteiger partial charge in [0.05, 0.1) is 4.47 Å². The van der Waals surface area contributed by atoms with Crippen LogP contribution in [0, 0.1) is 6.92 Å². The molecule has 0 unspecified atom stereocenters. The predicted molar refractivity (Wildman–Crippen MR) is 108 cm³/mol. The Morgan fingerprint density at radius 3 is 2.75 bits per heavy atom. The van der Waals surface area contributed by atoms with Crippen LogP contribution in [0.1, 0.15) is 25.0 Å². The first kappa shape index (κ1) is 19.8. The summed E-state index contributed by atoms with van der Waals surface area (Å²) in [6.07, 6.45) is 0.471. The van der Waals surface area contributed by atoms with Gasteiger partial charge in [-0.3, -0.25) is 0 Å². The topological polar surface area (TPSA) is 61.8 Å². The maximum Gasteiger partial charge on any atom is 0.228 e. The SMILES string of the molecule is Cc1cnc(O[C@@H]2[C@H]3OC(C)(C)O[C@H]3O[C@@H]2CNCc2ccccc2)c(Br)c1. The number of pyridine rings is 1. The summed E-state index contributed by atoms with van der Waals surface area (Å²) in [7, 11) is 0. The summed E-state index contributed by atoms with van der Waals surface area (Å²) in [5.41, 5.74) is 2.28. The van der Waals surface area contributed by atoms with Crippen molar-refractivity contribution in [1.29, 1.82) is 0 Å². The van der Waals surface area contributed by atoms with Gasteiger partial charge in [0.2, 0.25) is 5.88 Å². The molecular weight excluding hydrogens is 424 g/mol. The Bertz CT molecular complexity index is 817. The van der Waals surface area contributed by atoms with E-state index in [1.54, 1.807) is 6.20 Å². The van der Waals surface area contributed by atoms with Gasteiger partial charge in [0.25, 0.3) is 0 Å². The van der Waals surface area contributed by atoms with Crippen molar-refractivity contribution >= 4 is 15.9 Å². The second-order valence-electron chi connectivity index (χ2n) is 7.64. The zero-order valence-electron chi connectivity index (χ0n) is 16.2. The van der Waals surface area contributed by atoms with E-state index >= 15 is 0 Å². The highest BCUT2D eigenvalue weighted by molar-refractivity contribution is 9.10. The fourth-order valence-electron chi connectivity index (χ4n) is 3.54. The summed E-state index contributed by atoms with van der Waals surface area (Å²) in [6.45, 7) is 7.12. The van der Waals surface area contributed by atoms with Crippen LogP contribution < -0.4 is 10.1 Å². The molecule has 150 valence electrons. The fraction of sp³-hybridized carbons (Fsp3) is 0.476. The van der Waals surface area contributed by atoms with Gasteiger partial charge in [-0.2, -0.15) is 0 Å². The van der Waals surface area contributed by atoms with E-state index in [2.05, 4.69) is 38.4 Å². The van der Waals surface area contributed by atoms with E-state index in [1.165, 1.54) is 5.56 Å². The molecule has 0 radical (unpaired) electrons. The number of benzene rings is 1. The maximum atomic E-state index is 6.26. The third-order valence-electron chi connectivity index (χ3n) is 4.80.